The summed E-state index contributed by atoms with van der Waals surface area (Å²) in [7, 11) is 1.08. The largest absolute Gasteiger partial charge is 0.574 e. The van der Waals surface area contributed by atoms with Crippen molar-refractivity contribution in [3.05, 3.63) is 11.8 Å². The average Bonchev–Trinajstić information content (AvgIpc) is 2.17. The molecule has 17 heavy (non-hydrogen) atoms. The number of aromatic hydroxyl groups is 1. The third kappa shape index (κ3) is 3.38. The van der Waals surface area contributed by atoms with E-state index in [0.29, 0.717) is 6.07 Å². The van der Waals surface area contributed by atoms with Gasteiger partial charge in [-0.3, -0.25) is 4.79 Å². The number of carbonyl (C=O) groups excluding carboxylic acids is 1. The van der Waals surface area contributed by atoms with Gasteiger partial charge >= 0.3 is 6.36 Å². The molecule has 1 aromatic rings. The Morgan fingerprint density at radius 2 is 2.12 bits per heavy atom. The third-order valence-electron chi connectivity index (χ3n) is 1.56. The summed E-state index contributed by atoms with van der Waals surface area (Å²) in [5.41, 5.74) is -0.787. The number of ether oxygens (including phenoxy) is 2. The second-order valence-electron chi connectivity index (χ2n) is 2.68. The molecular formula is C8H5ClF3NO4. The molecule has 0 radical (unpaired) electrons. The molecule has 0 unspecified atom stereocenters. The number of aromatic nitrogens is 1. The Bertz CT molecular complexity index is 449. The minimum Gasteiger partial charge on any atom is -0.503 e. The summed E-state index contributed by atoms with van der Waals surface area (Å²) >= 11 is 5.03. The van der Waals surface area contributed by atoms with Crippen molar-refractivity contribution in [2.45, 2.75) is 6.36 Å². The summed E-state index contributed by atoms with van der Waals surface area (Å²) in [4.78, 5) is 13.9. The molecule has 1 N–H and O–H groups in total. The summed E-state index contributed by atoms with van der Waals surface area (Å²) in [6.07, 6.45) is -4.98. The molecule has 0 saturated heterocycles. The van der Waals surface area contributed by atoms with E-state index in [-0.39, 0.29) is 0 Å². The fourth-order valence-electron chi connectivity index (χ4n) is 0.956. The molecule has 0 aliphatic carbocycles. The molecule has 0 bridgehead atoms. The quantitative estimate of drug-likeness (QED) is 0.852. The highest BCUT2D eigenvalue weighted by molar-refractivity contribution is 6.67. The minimum atomic E-state index is -4.98. The van der Waals surface area contributed by atoms with Gasteiger partial charge in [-0.2, -0.15) is 0 Å². The maximum atomic E-state index is 11.9. The number of hydrogen-bond donors (Lipinski definition) is 1. The van der Waals surface area contributed by atoms with Crippen LogP contribution in [0.1, 0.15) is 10.5 Å². The predicted molar refractivity (Wildman–Crippen MR) is 49.3 cm³/mol. The molecule has 0 aliphatic heterocycles. The van der Waals surface area contributed by atoms with Gasteiger partial charge in [0.2, 0.25) is 5.88 Å². The number of methoxy groups -OCH3 is 1. The number of nitrogens with zero attached hydrogens (tertiary/aromatic N) is 1. The first-order valence-electron chi connectivity index (χ1n) is 3.98. The fourth-order valence-corrected chi connectivity index (χ4v) is 1.09. The normalized spacial score (nSPS) is 11.1. The summed E-state index contributed by atoms with van der Waals surface area (Å²) in [6.45, 7) is 0. The van der Waals surface area contributed by atoms with E-state index < -0.39 is 34.7 Å². The van der Waals surface area contributed by atoms with Gasteiger partial charge in [-0.1, -0.05) is 0 Å². The first-order valence-corrected chi connectivity index (χ1v) is 4.36. The van der Waals surface area contributed by atoms with E-state index in [4.69, 9.17) is 11.6 Å². The Balaban J connectivity index is 3.25. The third-order valence-corrected chi connectivity index (χ3v) is 1.74. The SMILES string of the molecule is COc1cc(OC(F)(F)F)nc(C(=O)Cl)c1O. The van der Waals surface area contributed by atoms with Crippen molar-refractivity contribution in [3.63, 3.8) is 0 Å². The number of pyridine rings is 1. The second-order valence-corrected chi connectivity index (χ2v) is 3.02. The first-order chi connectivity index (χ1) is 7.74. The molecule has 0 amide bonds. The molecule has 0 aromatic carbocycles. The van der Waals surface area contributed by atoms with E-state index in [0.717, 1.165) is 7.11 Å². The molecule has 0 atom stereocenters. The number of halogens is 4. The van der Waals surface area contributed by atoms with Crippen LogP contribution >= 0.6 is 11.6 Å². The van der Waals surface area contributed by atoms with E-state index in [1.807, 2.05) is 0 Å². The zero-order chi connectivity index (χ0) is 13.2. The minimum absolute atomic E-state index is 0.414. The number of hydrogen-bond acceptors (Lipinski definition) is 5. The zero-order valence-electron chi connectivity index (χ0n) is 8.21. The van der Waals surface area contributed by atoms with Gasteiger partial charge < -0.3 is 14.6 Å². The van der Waals surface area contributed by atoms with Crippen molar-refractivity contribution in [1.29, 1.82) is 0 Å². The Hall–Kier alpha value is -1.70. The smallest absolute Gasteiger partial charge is 0.503 e. The summed E-state index contributed by atoms with van der Waals surface area (Å²) in [5.74, 6) is -2.14. The summed E-state index contributed by atoms with van der Waals surface area (Å²) in [6, 6.07) is 0.673. The van der Waals surface area contributed by atoms with Crippen LogP contribution in [-0.2, 0) is 0 Å². The van der Waals surface area contributed by atoms with Crippen LogP contribution in [0, 0.1) is 0 Å². The van der Waals surface area contributed by atoms with E-state index >= 15 is 0 Å². The van der Waals surface area contributed by atoms with Crippen LogP contribution in [0.25, 0.3) is 0 Å². The Morgan fingerprint density at radius 1 is 1.53 bits per heavy atom. The first kappa shape index (κ1) is 13.4. The van der Waals surface area contributed by atoms with Crippen LogP contribution in [0.5, 0.6) is 17.4 Å². The van der Waals surface area contributed by atoms with E-state index in [1.54, 1.807) is 0 Å². The van der Waals surface area contributed by atoms with Crippen molar-refractivity contribution in [3.8, 4) is 17.4 Å². The van der Waals surface area contributed by atoms with Gasteiger partial charge in [0.05, 0.1) is 7.11 Å². The molecule has 5 nitrogen and oxygen atoms in total. The van der Waals surface area contributed by atoms with Crippen LogP contribution in [0.2, 0.25) is 0 Å². The highest BCUT2D eigenvalue weighted by Gasteiger charge is 2.33. The zero-order valence-corrected chi connectivity index (χ0v) is 8.96. The van der Waals surface area contributed by atoms with Crippen molar-refractivity contribution < 1.29 is 32.5 Å². The van der Waals surface area contributed by atoms with Crippen LogP contribution in [-0.4, -0.2) is 28.8 Å². The standard InChI is InChI=1S/C8H5ClF3NO4/c1-16-3-2-4(17-8(10,11)12)13-5(6(3)14)7(9)15/h2,14H,1H3. The molecule has 94 valence electrons. The van der Waals surface area contributed by atoms with Gasteiger partial charge in [0.25, 0.3) is 5.24 Å². The molecule has 0 spiro atoms. The highest BCUT2D eigenvalue weighted by Crippen LogP contribution is 2.34. The lowest BCUT2D eigenvalue weighted by molar-refractivity contribution is -0.276. The fraction of sp³-hybridized carbons (Fsp3) is 0.250. The predicted octanol–water partition coefficient (Wildman–Crippen LogP) is 2.07. The van der Waals surface area contributed by atoms with Crippen molar-refractivity contribution in [2.75, 3.05) is 7.11 Å². The van der Waals surface area contributed by atoms with Gasteiger partial charge in [-0.05, 0) is 11.6 Å². The Kier molecular flexibility index (Phi) is 3.66. The van der Waals surface area contributed by atoms with E-state index in [9.17, 15) is 23.1 Å². The topological polar surface area (TPSA) is 68.7 Å². The van der Waals surface area contributed by atoms with Crippen molar-refractivity contribution in [2.24, 2.45) is 0 Å². The van der Waals surface area contributed by atoms with Crippen molar-refractivity contribution in [1.82, 2.24) is 4.98 Å². The maximum absolute atomic E-state index is 11.9. The lowest BCUT2D eigenvalue weighted by atomic mass is 10.3. The Morgan fingerprint density at radius 3 is 2.53 bits per heavy atom. The van der Waals surface area contributed by atoms with Gasteiger partial charge in [-0.25, -0.2) is 4.98 Å². The highest BCUT2D eigenvalue weighted by atomic mass is 35.5. The van der Waals surface area contributed by atoms with Crippen LogP contribution in [0.4, 0.5) is 13.2 Å². The molecule has 0 saturated carbocycles. The van der Waals surface area contributed by atoms with Gasteiger partial charge in [0.15, 0.2) is 17.2 Å². The van der Waals surface area contributed by atoms with Crippen LogP contribution in [0.15, 0.2) is 6.07 Å². The van der Waals surface area contributed by atoms with Gasteiger partial charge in [0.1, 0.15) is 0 Å². The summed E-state index contributed by atoms with van der Waals surface area (Å²) < 4.78 is 43.8. The van der Waals surface area contributed by atoms with Gasteiger partial charge in [0, 0.05) is 6.07 Å². The lowest BCUT2D eigenvalue weighted by Gasteiger charge is -2.11. The Labute approximate surface area is 97.7 Å². The average molecular weight is 272 g/mol. The number of rotatable bonds is 3. The van der Waals surface area contributed by atoms with Crippen LogP contribution in [0.3, 0.4) is 0 Å². The second kappa shape index (κ2) is 4.66. The lowest BCUT2D eigenvalue weighted by Crippen LogP contribution is -2.18. The molecular weight excluding hydrogens is 267 g/mol. The number of carbonyl (C=O) groups is 1. The summed E-state index contributed by atoms with van der Waals surface area (Å²) in [5, 5.41) is 8.11. The van der Waals surface area contributed by atoms with Gasteiger partial charge in [-0.15, -0.1) is 13.2 Å². The van der Waals surface area contributed by atoms with Crippen LogP contribution < -0.4 is 9.47 Å². The number of alkyl halides is 3. The van der Waals surface area contributed by atoms with E-state index in [2.05, 4.69) is 14.5 Å². The monoisotopic (exact) mass is 271 g/mol. The molecule has 9 heteroatoms. The van der Waals surface area contributed by atoms with E-state index in [1.165, 1.54) is 0 Å². The van der Waals surface area contributed by atoms with Crippen molar-refractivity contribution >= 4 is 16.8 Å². The molecule has 0 aliphatic rings. The molecule has 0 fully saturated rings. The molecule has 1 aromatic heterocycles. The molecule has 1 heterocycles. The molecule has 1 rings (SSSR count). The maximum Gasteiger partial charge on any atom is 0.574 e.